The lowest BCUT2D eigenvalue weighted by Crippen LogP contribution is -2.34. The molecule has 0 atom stereocenters. The van der Waals surface area contributed by atoms with Crippen LogP contribution in [0, 0.1) is 0 Å². The summed E-state index contributed by atoms with van der Waals surface area (Å²) in [6.45, 7) is 4.90. The molecule has 6 heteroatoms. The maximum Gasteiger partial charge on any atom is 0.231 e. The number of aromatic nitrogens is 3. The Morgan fingerprint density at radius 3 is 1.77 bits per heavy atom. The highest BCUT2D eigenvalue weighted by atomic mass is 15.4. The standard InChI is InChI=1S/C20H28N6/c1-4-10-17(11-5-1)16-21-18-22-19(25-12-6-2-7-13-25)24-20(23-18)26-14-8-3-9-15-26/h1,4-5,10-11H,2-3,6-9,12-16H2,(H,21,22,23,24). The van der Waals surface area contributed by atoms with E-state index in [0.29, 0.717) is 5.95 Å². The number of nitrogens with zero attached hydrogens (tertiary/aromatic N) is 5. The van der Waals surface area contributed by atoms with E-state index in [1.165, 1.54) is 44.1 Å². The van der Waals surface area contributed by atoms with Gasteiger partial charge in [-0.25, -0.2) is 0 Å². The van der Waals surface area contributed by atoms with Crippen molar-refractivity contribution < 1.29 is 0 Å². The second-order valence-corrected chi connectivity index (χ2v) is 7.19. The van der Waals surface area contributed by atoms with Crippen molar-refractivity contribution in [1.29, 1.82) is 0 Å². The molecule has 138 valence electrons. The SMILES string of the molecule is c1ccc(CNc2nc(N3CCCCC3)nc(N3CCCCC3)n2)cc1. The van der Waals surface area contributed by atoms with Gasteiger partial charge in [0.05, 0.1) is 0 Å². The molecule has 0 unspecified atom stereocenters. The molecule has 0 saturated carbocycles. The van der Waals surface area contributed by atoms with Gasteiger partial charge in [-0.2, -0.15) is 15.0 Å². The van der Waals surface area contributed by atoms with E-state index in [9.17, 15) is 0 Å². The first-order valence-corrected chi connectivity index (χ1v) is 9.92. The molecule has 0 amide bonds. The lowest BCUT2D eigenvalue weighted by Gasteiger charge is -2.30. The monoisotopic (exact) mass is 352 g/mol. The topological polar surface area (TPSA) is 57.2 Å². The fourth-order valence-corrected chi connectivity index (χ4v) is 3.68. The molecule has 6 nitrogen and oxygen atoms in total. The summed E-state index contributed by atoms with van der Waals surface area (Å²) in [4.78, 5) is 18.9. The Morgan fingerprint density at radius 2 is 1.23 bits per heavy atom. The van der Waals surface area contributed by atoms with Crippen molar-refractivity contribution in [1.82, 2.24) is 15.0 Å². The van der Waals surface area contributed by atoms with Crippen molar-refractivity contribution >= 4 is 17.8 Å². The van der Waals surface area contributed by atoms with Crippen LogP contribution in [0.1, 0.15) is 44.1 Å². The molecule has 0 bridgehead atoms. The molecule has 3 heterocycles. The van der Waals surface area contributed by atoms with E-state index in [4.69, 9.17) is 15.0 Å². The third-order valence-electron chi connectivity index (χ3n) is 5.18. The largest absolute Gasteiger partial charge is 0.350 e. The van der Waals surface area contributed by atoms with Crippen LogP contribution in [0.5, 0.6) is 0 Å². The van der Waals surface area contributed by atoms with Crippen LogP contribution in [0.3, 0.4) is 0 Å². The Hall–Kier alpha value is -2.37. The number of rotatable bonds is 5. The highest BCUT2D eigenvalue weighted by molar-refractivity contribution is 5.46. The fraction of sp³-hybridized carbons (Fsp3) is 0.550. The molecule has 1 N–H and O–H groups in total. The minimum atomic E-state index is 0.685. The molecule has 1 aromatic heterocycles. The van der Waals surface area contributed by atoms with Gasteiger partial charge in [0.2, 0.25) is 17.8 Å². The van der Waals surface area contributed by atoms with Crippen LogP contribution in [-0.2, 0) is 6.54 Å². The van der Waals surface area contributed by atoms with Crippen LogP contribution in [0.25, 0.3) is 0 Å². The molecule has 0 radical (unpaired) electrons. The summed E-state index contributed by atoms with van der Waals surface area (Å²) in [5.41, 5.74) is 1.23. The van der Waals surface area contributed by atoms with Gasteiger partial charge in [-0.05, 0) is 44.1 Å². The van der Waals surface area contributed by atoms with E-state index >= 15 is 0 Å². The minimum absolute atomic E-state index is 0.685. The number of anilines is 3. The first kappa shape index (κ1) is 17.1. The van der Waals surface area contributed by atoms with E-state index in [0.717, 1.165) is 44.6 Å². The molecule has 2 aromatic rings. The maximum absolute atomic E-state index is 4.83. The zero-order chi connectivity index (χ0) is 17.6. The number of hydrogen-bond acceptors (Lipinski definition) is 6. The first-order valence-electron chi connectivity index (χ1n) is 9.92. The van der Waals surface area contributed by atoms with E-state index in [2.05, 4.69) is 39.4 Å². The summed E-state index contributed by atoms with van der Waals surface area (Å²) in [6, 6.07) is 10.4. The zero-order valence-electron chi connectivity index (χ0n) is 15.4. The van der Waals surface area contributed by atoms with Crippen molar-refractivity contribution in [3.8, 4) is 0 Å². The quantitative estimate of drug-likeness (QED) is 0.889. The lowest BCUT2D eigenvalue weighted by atomic mass is 10.1. The molecule has 2 aliphatic rings. The van der Waals surface area contributed by atoms with Crippen molar-refractivity contribution in [2.45, 2.75) is 45.1 Å². The van der Waals surface area contributed by atoms with Crippen molar-refractivity contribution in [2.24, 2.45) is 0 Å². The van der Waals surface area contributed by atoms with Gasteiger partial charge >= 0.3 is 0 Å². The van der Waals surface area contributed by atoms with Crippen LogP contribution in [0.15, 0.2) is 30.3 Å². The van der Waals surface area contributed by atoms with E-state index in [1.807, 2.05) is 6.07 Å². The predicted molar refractivity (Wildman–Crippen MR) is 106 cm³/mol. The summed E-state index contributed by atoms with van der Waals surface area (Å²) in [6.07, 6.45) is 7.49. The zero-order valence-corrected chi connectivity index (χ0v) is 15.4. The predicted octanol–water partition coefficient (Wildman–Crippen LogP) is 3.46. The lowest BCUT2D eigenvalue weighted by molar-refractivity contribution is 0.556. The molecule has 26 heavy (non-hydrogen) atoms. The molecule has 2 fully saturated rings. The summed E-state index contributed by atoms with van der Waals surface area (Å²) in [5.74, 6) is 2.34. The summed E-state index contributed by atoms with van der Waals surface area (Å²) in [5, 5.41) is 3.40. The van der Waals surface area contributed by atoms with Gasteiger partial charge in [0.25, 0.3) is 0 Å². The average molecular weight is 352 g/mol. The van der Waals surface area contributed by atoms with E-state index in [-0.39, 0.29) is 0 Å². The van der Waals surface area contributed by atoms with E-state index < -0.39 is 0 Å². The van der Waals surface area contributed by atoms with Crippen LogP contribution in [-0.4, -0.2) is 41.1 Å². The summed E-state index contributed by atoms with van der Waals surface area (Å²) in [7, 11) is 0. The van der Waals surface area contributed by atoms with Gasteiger partial charge in [0, 0.05) is 32.7 Å². The van der Waals surface area contributed by atoms with Gasteiger partial charge in [-0.1, -0.05) is 30.3 Å². The van der Waals surface area contributed by atoms with Crippen LogP contribution in [0.4, 0.5) is 17.8 Å². The van der Waals surface area contributed by atoms with Crippen LogP contribution in [0.2, 0.25) is 0 Å². The second kappa shape index (κ2) is 8.34. The number of benzene rings is 1. The number of piperidine rings is 2. The second-order valence-electron chi connectivity index (χ2n) is 7.19. The van der Waals surface area contributed by atoms with Crippen LogP contribution < -0.4 is 15.1 Å². The summed E-state index contributed by atoms with van der Waals surface area (Å²) >= 11 is 0. The van der Waals surface area contributed by atoms with Gasteiger partial charge in [-0.15, -0.1) is 0 Å². The van der Waals surface area contributed by atoms with Gasteiger partial charge < -0.3 is 15.1 Å². The highest BCUT2D eigenvalue weighted by Crippen LogP contribution is 2.22. The van der Waals surface area contributed by atoms with Crippen molar-refractivity contribution in [3.05, 3.63) is 35.9 Å². The first-order chi connectivity index (χ1) is 12.9. The molecule has 1 aromatic carbocycles. The van der Waals surface area contributed by atoms with Gasteiger partial charge in [0.1, 0.15) is 0 Å². The summed E-state index contributed by atoms with van der Waals surface area (Å²) < 4.78 is 0. The molecule has 0 spiro atoms. The van der Waals surface area contributed by atoms with Crippen molar-refractivity contribution in [2.75, 3.05) is 41.3 Å². The molecule has 4 rings (SSSR count). The van der Waals surface area contributed by atoms with Gasteiger partial charge in [-0.3, -0.25) is 0 Å². The number of hydrogen-bond donors (Lipinski definition) is 1. The Bertz CT molecular complexity index is 656. The molecular formula is C20H28N6. The highest BCUT2D eigenvalue weighted by Gasteiger charge is 2.20. The maximum atomic E-state index is 4.83. The third-order valence-corrected chi connectivity index (χ3v) is 5.18. The molecule has 0 aliphatic carbocycles. The Labute approximate surface area is 155 Å². The molecular weight excluding hydrogens is 324 g/mol. The smallest absolute Gasteiger partial charge is 0.231 e. The minimum Gasteiger partial charge on any atom is -0.350 e. The van der Waals surface area contributed by atoms with E-state index in [1.54, 1.807) is 0 Å². The number of nitrogens with one attached hydrogen (secondary N) is 1. The molecule has 2 aliphatic heterocycles. The Kier molecular flexibility index (Phi) is 5.47. The molecule has 2 saturated heterocycles. The fourth-order valence-electron chi connectivity index (χ4n) is 3.68. The third kappa shape index (κ3) is 4.23. The Morgan fingerprint density at radius 1 is 0.692 bits per heavy atom. The van der Waals surface area contributed by atoms with Crippen molar-refractivity contribution in [3.63, 3.8) is 0 Å². The van der Waals surface area contributed by atoms with Crippen LogP contribution >= 0.6 is 0 Å². The van der Waals surface area contributed by atoms with Gasteiger partial charge in [0.15, 0.2) is 0 Å². The average Bonchev–Trinajstić information content (AvgIpc) is 2.74. The Balaban J connectivity index is 1.56. The normalized spacial score (nSPS) is 18.0.